The van der Waals surface area contributed by atoms with Crippen LogP contribution in [-0.2, 0) is 6.54 Å². The zero-order valence-corrected chi connectivity index (χ0v) is 10.4. The van der Waals surface area contributed by atoms with Crippen LogP contribution in [0, 0.1) is 25.2 Å². The third kappa shape index (κ3) is 2.98. The van der Waals surface area contributed by atoms with Crippen LogP contribution < -0.4 is 5.32 Å². The molecule has 2 heterocycles. The molecule has 0 amide bonds. The molecule has 0 fully saturated rings. The number of anilines is 1. The summed E-state index contributed by atoms with van der Waals surface area (Å²) in [5, 5.41) is 12.9. The number of rotatable bonds is 3. The van der Waals surface area contributed by atoms with Gasteiger partial charge < -0.3 is 5.32 Å². The minimum atomic E-state index is 0.375. The molecule has 1 N–H and O–H groups in total. The van der Waals surface area contributed by atoms with E-state index in [2.05, 4.69) is 20.3 Å². The first kappa shape index (κ1) is 11.5. The van der Waals surface area contributed by atoms with Crippen LogP contribution >= 0.6 is 11.3 Å². The number of nitrogens with zero attached hydrogens (tertiary/aromatic N) is 4. The Hall–Kier alpha value is -2.00. The molecule has 0 bridgehead atoms. The number of hydrogen-bond acceptors (Lipinski definition) is 6. The SMILES string of the molecule is Cc1cc(C#N)nc(NCc2cnc(C)s2)n1. The molecule has 5 nitrogen and oxygen atoms in total. The van der Waals surface area contributed by atoms with E-state index >= 15 is 0 Å². The molecule has 2 aromatic heterocycles. The maximum absolute atomic E-state index is 8.80. The van der Waals surface area contributed by atoms with E-state index in [1.165, 1.54) is 0 Å². The highest BCUT2D eigenvalue weighted by Crippen LogP contribution is 2.13. The molecular formula is C11H11N5S. The summed E-state index contributed by atoms with van der Waals surface area (Å²) in [6.07, 6.45) is 1.83. The van der Waals surface area contributed by atoms with Crippen molar-refractivity contribution in [3.63, 3.8) is 0 Å². The smallest absolute Gasteiger partial charge is 0.224 e. The molecule has 0 atom stereocenters. The highest BCUT2D eigenvalue weighted by atomic mass is 32.1. The van der Waals surface area contributed by atoms with Gasteiger partial charge in [0.05, 0.1) is 11.6 Å². The summed E-state index contributed by atoms with van der Waals surface area (Å²) in [7, 11) is 0. The van der Waals surface area contributed by atoms with Gasteiger partial charge in [-0.2, -0.15) is 5.26 Å². The van der Waals surface area contributed by atoms with Crippen molar-refractivity contribution in [2.75, 3.05) is 5.32 Å². The van der Waals surface area contributed by atoms with Crippen LogP contribution in [0.1, 0.15) is 21.3 Å². The van der Waals surface area contributed by atoms with Crippen LogP contribution in [0.2, 0.25) is 0 Å². The first-order valence-electron chi connectivity index (χ1n) is 5.08. The molecule has 2 aromatic rings. The highest BCUT2D eigenvalue weighted by Gasteiger charge is 2.03. The Labute approximate surface area is 103 Å². The fraction of sp³-hybridized carbons (Fsp3) is 0.273. The quantitative estimate of drug-likeness (QED) is 0.895. The van der Waals surface area contributed by atoms with Gasteiger partial charge in [0.2, 0.25) is 5.95 Å². The predicted molar refractivity (Wildman–Crippen MR) is 65.7 cm³/mol. The number of hydrogen-bond donors (Lipinski definition) is 1. The largest absolute Gasteiger partial charge is 0.349 e. The van der Waals surface area contributed by atoms with Gasteiger partial charge in [-0.25, -0.2) is 15.0 Å². The number of nitriles is 1. The minimum Gasteiger partial charge on any atom is -0.349 e. The first-order chi connectivity index (χ1) is 8.17. The van der Waals surface area contributed by atoms with Gasteiger partial charge in [0, 0.05) is 16.8 Å². The molecule has 0 saturated heterocycles. The summed E-state index contributed by atoms with van der Waals surface area (Å²) >= 11 is 1.63. The topological polar surface area (TPSA) is 74.5 Å². The van der Waals surface area contributed by atoms with E-state index < -0.39 is 0 Å². The molecule has 0 spiro atoms. The lowest BCUT2D eigenvalue weighted by Crippen LogP contribution is -2.04. The predicted octanol–water partition coefficient (Wildman–Crippen LogP) is 2.03. The summed E-state index contributed by atoms with van der Waals surface area (Å²) in [6.45, 7) is 4.43. The monoisotopic (exact) mass is 245 g/mol. The molecule has 0 radical (unpaired) electrons. The van der Waals surface area contributed by atoms with E-state index in [4.69, 9.17) is 5.26 Å². The molecule has 2 rings (SSSR count). The second-order valence-corrected chi connectivity index (χ2v) is 4.85. The molecule has 86 valence electrons. The van der Waals surface area contributed by atoms with Crippen LogP contribution in [0.4, 0.5) is 5.95 Å². The summed E-state index contributed by atoms with van der Waals surface area (Å²) in [4.78, 5) is 13.6. The van der Waals surface area contributed by atoms with E-state index in [-0.39, 0.29) is 0 Å². The molecule has 0 unspecified atom stereocenters. The molecular weight excluding hydrogens is 234 g/mol. The number of aryl methyl sites for hydroxylation is 2. The Kier molecular flexibility index (Phi) is 3.30. The van der Waals surface area contributed by atoms with Crippen LogP contribution in [0.15, 0.2) is 12.3 Å². The molecule has 0 aliphatic carbocycles. The summed E-state index contributed by atoms with van der Waals surface area (Å²) in [6, 6.07) is 3.66. The van der Waals surface area contributed by atoms with Crippen molar-refractivity contribution >= 4 is 17.3 Å². The maximum atomic E-state index is 8.80. The Balaban J connectivity index is 2.09. The zero-order chi connectivity index (χ0) is 12.3. The Morgan fingerprint density at radius 1 is 1.41 bits per heavy atom. The molecule has 0 saturated carbocycles. The van der Waals surface area contributed by atoms with Crippen molar-refractivity contribution in [2.24, 2.45) is 0 Å². The summed E-state index contributed by atoms with van der Waals surface area (Å²) in [5.74, 6) is 0.479. The highest BCUT2D eigenvalue weighted by molar-refractivity contribution is 7.11. The summed E-state index contributed by atoms with van der Waals surface area (Å²) < 4.78 is 0. The second-order valence-electron chi connectivity index (χ2n) is 3.53. The van der Waals surface area contributed by atoms with Crippen LogP contribution in [-0.4, -0.2) is 15.0 Å². The van der Waals surface area contributed by atoms with Gasteiger partial charge >= 0.3 is 0 Å². The van der Waals surface area contributed by atoms with Crippen molar-refractivity contribution in [3.05, 3.63) is 33.5 Å². The van der Waals surface area contributed by atoms with E-state index in [1.54, 1.807) is 17.4 Å². The number of thiazole rings is 1. The third-order valence-corrected chi connectivity index (χ3v) is 2.97. The Morgan fingerprint density at radius 2 is 2.24 bits per heavy atom. The first-order valence-corrected chi connectivity index (χ1v) is 5.90. The molecule has 0 aliphatic rings. The van der Waals surface area contributed by atoms with Gasteiger partial charge in [0.1, 0.15) is 11.8 Å². The van der Waals surface area contributed by atoms with E-state index in [9.17, 15) is 0 Å². The fourth-order valence-electron chi connectivity index (χ4n) is 1.36. The molecule has 0 aromatic carbocycles. The van der Waals surface area contributed by atoms with E-state index in [1.807, 2.05) is 26.1 Å². The van der Waals surface area contributed by atoms with Crippen LogP contribution in [0.5, 0.6) is 0 Å². The van der Waals surface area contributed by atoms with Crippen molar-refractivity contribution in [3.8, 4) is 6.07 Å². The van der Waals surface area contributed by atoms with E-state index in [0.29, 0.717) is 18.2 Å². The molecule has 6 heteroatoms. The number of aromatic nitrogens is 3. The lowest BCUT2D eigenvalue weighted by Gasteiger charge is -2.03. The summed E-state index contributed by atoms with van der Waals surface area (Å²) in [5.41, 5.74) is 1.15. The number of nitrogens with one attached hydrogen (secondary N) is 1. The average Bonchev–Trinajstić information content (AvgIpc) is 2.72. The van der Waals surface area contributed by atoms with Gasteiger partial charge in [0.25, 0.3) is 0 Å². The normalized spacial score (nSPS) is 9.94. The van der Waals surface area contributed by atoms with Crippen molar-refractivity contribution in [1.29, 1.82) is 5.26 Å². The standard InChI is InChI=1S/C11H11N5S/c1-7-3-9(4-12)16-11(15-7)14-6-10-5-13-8(2)17-10/h3,5H,6H2,1-2H3,(H,14,15,16). The Bertz CT molecular complexity index is 569. The second kappa shape index (κ2) is 4.89. The lowest BCUT2D eigenvalue weighted by atomic mass is 10.3. The van der Waals surface area contributed by atoms with Gasteiger partial charge in [-0.3, -0.25) is 0 Å². The minimum absolute atomic E-state index is 0.375. The van der Waals surface area contributed by atoms with Gasteiger partial charge in [-0.15, -0.1) is 11.3 Å². The van der Waals surface area contributed by atoms with Crippen molar-refractivity contribution < 1.29 is 0 Å². The van der Waals surface area contributed by atoms with Crippen molar-refractivity contribution in [2.45, 2.75) is 20.4 Å². The zero-order valence-electron chi connectivity index (χ0n) is 9.56. The Morgan fingerprint density at radius 3 is 2.88 bits per heavy atom. The maximum Gasteiger partial charge on any atom is 0.224 e. The van der Waals surface area contributed by atoms with Gasteiger partial charge in [0.15, 0.2) is 0 Å². The van der Waals surface area contributed by atoms with Crippen LogP contribution in [0.25, 0.3) is 0 Å². The van der Waals surface area contributed by atoms with Gasteiger partial charge in [-0.05, 0) is 19.9 Å². The van der Waals surface area contributed by atoms with Gasteiger partial charge in [-0.1, -0.05) is 0 Å². The fourth-order valence-corrected chi connectivity index (χ4v) is 2.09. The average molecular weight is 245 g/mol. The molecule has 0 aliphatic heterocycles. The third-order valence-electron chi connectivity index (χ3n) is 2.06. The molecule has 17 heavy (non-hydrogen) atoms. The van der Waals surface area contributed by atoms with Crippen LogP contribution in [0.3, 0.4) is 0 Å². The lowest BCUT2D eigenvalue weighted by molar-refractivity contribution is 1.03. The van der Waals surface area contributed by atoms with E-state index in [0.717, 1.165) is 15.6 Å². The van der Waals surface area contributed by atoms with Crippen molar-refractivity contribution in [1.82, 2.24) is 15.0 Å².